The monoisotopic (exact) mass is 438 g/mol. The topological polar surface area (TPSA) is 51.2 Å². The number of nitrogens with zero attached hydrogens (tertiary/aromatic N) is 2. The van der Waals surface area contributed by atoms with Crippen LogP contribution in [0.3, 0.4) is 0 Å². The lowest BCUT2D eigenvalue weighted by Gasteiger charge is -2.47. The first-order valence-electron chi connectivity index (χ1n) is 11.4. The van der Waals surface area contributed by atoms with Gasteiger partial charge in [0.15, 0.2) is 11.5 Å². The Morgan fingerprint density at radius 2 is 1.59 bits per heavy atom. The van der Waals surface area contributed by atoms with E-state index in [1.54, 1.807) is 21.3 Å². The van der Waals surface area contributed by atoms with Crippen molar-refractivity contribution in [1.29, 1.82) is 0 Å². The van der Waals surface area contributed by atoms with Crippen molar-refractivity contribution in [1.82, 2.24) is 9.80 Å². The number of benzene rings is 2. The number of methoxy groups -OCH3 is 3. The van der Waals surface area contributed by atoms with Gasteiger partial charge in [-0.15, -0.1) is 0 Å². The number of carbonyl (C=O) groups excluding carboxylic acids is 1. The molecule has 0 spiro atoms. The van der Waals surface area contributed by atoms with E-state index in [0.29, 0.717) is 36.1 Å². The number of carbonyl (C=O) groups is 1. The van der Waals surface area contributed by atoms with E-state index < -0.39 is 0 Å². The maximum atomic E-state index is 12.9. The van der Waals surface area contributed by atoms with Crippen LogP contribution in [0, 0.1) is 12.8 Å². The molecule has 2 atom stereocenters. The minimum Gasteiger partial charge on any atom is -0.493 e. The Morgan fingerprint density at radius 3 is 2.22 bits per heavy atom. The van der Waals surface area contributed by atoms with E-state index in [1.807, 2.05) is 12.1 Å². The highest BCUT2D eigenvalue weighted by Crippen LogP contribution is 2.40. The van der Waals surface area contributed by atoms with Crippen LogP contribution in [-0.2, 0) is 17.9 Å². The van der Waals surface area contributed by atoms with E-state index in [4.69, 9.17) is 14.2 Å². The van der Waals surface area contributed by atoms with E-state index in [9.17, 15) is 4.79 Å². The first-order valence-corrected chi connectivity index (χ1v) is 11.4. The lowest BCUT2D eigenvalue weighted by atomic mass is 9.83. The fraction of sp³-hybridized carbons (Fsp3) is 0.500. The van der Waals surface area contributed by atoms with Crippen molar-refractivity contribution in [3.05, 3.63) is 53.1 Å². The molecule has 0 aromatic heterocycles. The Kier molecular flexibility index (Phi) is 6.89. The molecule has 4 rings (SSSR count). The average molecular weight is 439 g/mol. The molecule has 172 valence electrons. The van der Waals surface area contributed by atoms with Gasteiger partial charge >= 0.3 is 0 Å². The standard InChI is InChI=1S/C26H34N2O4/c1-18-5-7-19(8-6-18)15-27-12-11-22-21(17-27)9-10-25(29)28(22)16-20-13-23(30-2)26(32-4)24(14-20)31-3/h5-8,13-14,21-22H,9-12,15-17H2,1-4H3/t21-,22+/m1/s1. The summed E-state index contributed by atoms with van der Waals surface area (Å²) in [7, 11) is 4.84. The summed E-state index contributed by atoms with van der Waals surface area (Å²) in [6.45, 7) is 5.71. The molecular weight excluding hydrogens is 404 g/mol. The van der Waals surface area contributed by atoms with Crippen molar-refractivity contribution in [2.45, 2.75) is 45.3 Å². The number of rotatable bonds is 7. The molecule has 2 aromatic rings. The van der Waals surface area contributed by atoms with Crippen LogP contribution >= 0.6 is 0 Å². The van der Waals surface area contributed by atoms with E-state index in [1.165, 1.54) is 11.1 Å². The van der Waals surface area contributed by atoms with Crippen LogP contribution in [0.1, 0.15) is 36.0 Å². The van der Waals surface area contributed by atoms with Gasteiger partial charge in [-0.1, -0.05) is 29.8 Å². The van der Waals surface area contributed by atoms with E-state index in [0.717, 1.165) is 38.0 Å². The van der Waals surface area contributed by atoms with Gasteiger partial charge in [0.25, 0.3) is 0 Å². The van der Waals surface area contributed by atoms with Gasteiger partial charge in [0.1, 0.15) is 0 Å². The Labute approximate surface area is 191 Å². The second-order valence-electron chi connectivity index (χ2n) is 8.93. The predicted octanol–water partition coefficient (Wildman–Crippen LogP) is 4.03. The van der Waals surface area contributed by atoms with Crippen molar-refractivity contribution >= 4 is 5.91 Å². The zero-order chi connectivity index (χ0) is 22.7. The normalized spacial score (nSPS) is 21.2. The van der Waals surface area contributed by atoms with Crippen LogP contribution in [0.25, 0.3) is 0 Å². The molecule has 1 amide bonds. The second kappa shape index (κ2) is 9.82. The molecule has 0 unspecified atom stereocenters. The third-order valence-corrected chi connectivity index (χ3v) is 6.83. The molecule has 2 aliphatic heterocycles. The summed E-state index contributed by atoms with van der Waals surface area (Å²) in [5, 5.41) is 0. The van der Waals surface area contributed by atoms with Gasteiger partial charge in [0.2, 0.25) is 11.7 Å². The van der Waals surface area contributed by atoms with Gasteiger partial charge in [-0.2, -0.15) is 0 Å². The summed E-state index contributed by atoms with van der Waals surface area (Å²) in [6, 6.07) is 13.0. The molecule has 6 heteroatoms. The number of fused-ring (bicyclic) bond motifs is 1. The number of hydrogen-bond acceptors (Lipinski definition) is 5. The van der Waals surface area contributed by atoms with Crippen molar-refractivity contribution in [2.75, 3.05) is 34.4 Å². The van der Waals surface area contributed by atoms with Gasteiger partial charge in [0, 0.05) is 38.6 Å². The van der Waals surface area contributed by atoms with Crippen LogP contribution < -0.4 is 14.2 Å². The fourth-order valence-corrected chi connectivity index (χ4v) is 5.15. The van der Waals surface area contributed by atoms with Gasteiger partial charge in [0.05, 0.1) is 21.3 Å². The largest absolute Gasteiger partial charge is 0.493 e. The minimum absolute atomic E-state index is 0.243. The van der Waals surface area contributed by atoms with E-state index >= 15 is 0 Å². The average Bonchev–Trinajstić information content (AvgIpc) is 2.81. The molecule has 2 heterocycles. The number of aryl methyl sites for hydroxylation is 1. The molecule has 0 N–H and O–H groups in total. The fourth-order valence-electron chi connectivity index (χ4n) is 5.15. The predicted molar refractivity (Wildman–Crippen MR) is 124 cm³/mol. The molecule has 0 bridgehead atoms. The summed E-state index contributed by atoms with van der Waals surface area (Å²) >= 11 is 0. The van der Waals surface area contributed by atoms with Crippen molar-refractivity contribution < 1.29 is 19.0 Å². The number of hydrogen-bond donors (Lipinski definition) is 0. The van der Waals surface area contributed by atoms with Crippen molar-refractivity contribution in [2.24, 2.45) is 5.92 Å². The first-order chi connectivity index (χ1) is 15.5. The van der Waals surface area contributed by atoms with Crippen LogP contribution in [-0.4, -0.2) is 56.2 Å². The van der Waals surface area contributed by atoms with Crippen molar-refractivity contribution in [3.63, 3.8) is 0 Å². The van der Waals surface area contributed by atoms with Crippen LogP contribution in [0.15, 0.2) is 36.4 Å². The lowest BCUT2D eigenvalue weighted by molar-refractivity contribution is -0.142. The Hall–Kier alpha value is -2.73. The maximum absolute atomic E-state index is 12.9. The lowest BCUT2D eigenvalue weighted by Crippen LogP contribution is -2.55. The summed E-state index contributed by atoms with van der Waals surface area (Å²) in [6.07, 6.45) is 2.59. The third kappa shape index (κ3) is 4.70. The summed E-state index contributed by atoms with van der Waals surface area (Å²) in [5.41, 5.74) is 3.64. The van der Waals surface area contributed by atoms with E-state index in [2.05, 4.69) is 41.0 Å². The zero-order valence-corrected chi connectivity index (χ0v) is 19.6. The van der Waals surface area contributed by atoms with E-state index in [-0.39, 0.29) is 11.9 Å². The molecule has 0 radical (unpaired) electrons. The molecule has 0 aliphatic carbocycles. The van der Waals surface area contributed by atoms with Gasteiger partial charge < -0.3 is 19.1 Å². The molecular formula is C26H34N2O4. The van der Waals surface area contributed by atoms with Crippen LogP contribution in [0.5, 0.6) is 17.2 Å². The number of amides is 1. The highest BCUT2D eigenvalue weighted by atomic mass is 16.5. The molecule has 2 aliphatic rings. The summed E-state index contributed by atoms with van der Waals surface area (Å²) in [4.78, 5) is 17.5. The maximum Gasteiger partial charge on any atom is 0.223 e. The highest BCUT2D eigenvalue weighted by Gasteiger charge is 2.39. The SMILES string of the molecule is COc1cc(CN2C(=O)CC[C@@H]3CN(Cc4ccc(C)cc4)CC[C@@H]32)cc(OC)c1OC. The molecule has 2 fully saturated rings. The Bertz CT molecular complexity index is 918. The highest BCUT2D eigenvalue weighted by molar-refractivity contribution is 5.77. The molecule has 6 nitrogen and oxygen atoms in total. The minimum atomic E-state index is 0.243. The first kappa shape index (κ1) is 22.5. The van der Waals surface area contributed by atoms with Gasteiger partial charge in [-0.3, -0.25) is 9.69 Å². The molecule has 32 heavy (non-hydrogen) atoms. The number of piperidine rings is 2. The Morgan fingerprint density at radius 1 is 0.906 bits per heavy atom. The number of ether oxygens (including phenoxy) is 3. The molecule has 2 aromatic carbocycles. The molecule has 0 saturated carbocycles. The zero-order valence-electron chi connectivity index (χ0n) is 19.6. The number of likely N-dealkylation sites (tertiary alicyclic amines) is 2. The third-order valence-electron chi connectivity index (χ3n) is 6.83. The van der Waals surface area contributed by atoms with Gasteiger partial charge in [-0.05, 0) is 48.9 Å². The quantitative estimate of drug-likeness (QED) is 0.653. The van der Waals surface area contributed by atoms with Crippen molar-refractivity contribution in [3.8, 4) is 17.2 Å². The summed E-state index contributed by atoms with van der Waals surface area (Å²) < 4.78 is 16.5. The Balaban J connectivity index is 1.47. The molecule has 2 saturated heterocycles. The summed E-state index contributed by atoms with van der Waals surface area (Å²) in [5.74, 6) is 2.57. The van der Waals surface area contributed by atoms with Gasteiger partial charge in [-0.25, -0.2) is 0 Å². The van der Waals surface area contributed by atoms with Crippen LogP contribution in [0.2, 0.25) is 0 Å². The second-order valence-corrected chi connectivity index (χ2v) is 8.93. The smallest absolute Gasteiger partial charge is 0.223 e. The van der Waals surface area contributed by atoms with Crippen LogP contribution in [0.4, 0.5) is 0 Å².